The van der Waals surface area contributed by atoms with E-state index in [0.29, 0.717) is 6.61 Å². The molecule has 16 heavy (non-hydrogen) atoms. The molecule has 0 spiro atoms. The Morgan fingerprint density at radius 2 is 2.19 bits per heavy atom. The Bertz CT molecular complexity index is 429. The molecule has 0 radical (unpaired) electrons. The molecule has 0 amide bonds. The van der Waals surface area contributed by atoms with Gasteiger partial charge in [0.1, 0.15) is 0 Å². The van der Waals surface area contributed by atoms with Gasteiger partial charge in [-0.3, -0.25) is 0 Å². The van der Waals surface area contributed by atoms with Crippen LogP contribution in [0.25, 0.3) is 0 Å². The van der Waals surface area contributed by atoms with E-state index in [2.05, 4.69) is 14.9 Å². The summed E-state index contributed by atoms with van der Waals surface area (Å²) in [6.07, 6.45) is 0.0710. The lowest BCUT2D eigenvalue weighted by Gasteiger charge is -2.07. The fourth-order valence-corrected chi connectivity index (χ4v) is 2.70. The lowest BCUT2D eigenvalue weighted by Crippen LogP contribution is -2.28. The van der Waals surface area contributed by atoms with Crippen LogP contribution in [-0.2, 0) is 14.8 Å². The number of aromatic nitrogens is 2. The van der Waals surface area contributed by atoms with E-state index in [-0.39, 0.29) is 22.1 Å². The number of nitrogen functional groups attached to an aromatic ring is 1. The number of hydrogen-bond acceptors (Lipinski definition) is 7. The van der Waals surface area contributed by atoms with Gasteiger partial charge in [0.2, 0.25) is 9.47 Å². The van der Waals surface area contributed by atoms with Gasteiger partial charge in [0.15, 0.2) is 0 Å². The van der Waals surface area contributed by atoms with Gasteiger partial charge in [0.05, 0.1) is 12.7 Å². The van der Waals surface area contributed by atoms with Crippen LogP contribution in [0.15, 0.2) is 4.34 Å². The third-order valence-electron chi connectivity index (χ3n) is 1.50. The summed E-state index contributed by atoms with van der Waals surface area (Å²) < 4.78 is 30.6. The summed E-state index contributed by atoms with van der Waals surface area (Å²) in [6, 6.07) is 0. The lowest BCUT2D eigenvalue weighted by molar-refractivity contribution is 0.0834. The van der Waals surface area contributed by atoms with E-state index in [0.717, 1.165) is 11.3 Å². The van der Waals surface area contributed by atoms with Gasteiger partial charge in [-0.2, -0.15) is 0 Å². The zero-order valence-corrected chi connectivity index (χ0v) is 10.6. The Labute approximate surface area is 98.1 Å². The van der Waals surface area contributed by atoms with E-state index in [1.54, 1.807) is 0 Å². The third-order valence-corrected chi connectivity index (χ3v) is 4.08. The van der Waals surface area contributed by atoms with Crippen LogP contribution >= 0.6 is 11.3 Å². The predicted octanol–water partition coefficient (Wildman–Crippen LogP) is -0.176. The number of nitrogens with one attached hydrogen (secondary N) is 1. The third kappa shape index (κ3) is 4.00. The smallest absolute Gasteiger partial charge is 0.269 e. The molecule has 92 valence electrons. The highest BCUT2D eigenvalue weighted by Gasteiger charge is 2.18. The quantitative estimate of drug-likeness (QED) is 0.692. The van der Waals surface area contributed by atoms with Gasteiger partial charge >= 0.3 is 0 Å². The number of nitrogens with two attached hydrogens (primary N) is 1. The Kier molecular flexibility index (Phi) is 4.59. The van der Waals surface area contributed by atoms with Crippen molar-refractivity contribution in [1.29, 1.82) is 0 Å². The van der Waals surface area contributed by atoms with Gasteiger partial charge in [-0.15, -0.1) is 10.2 Å². The SMILES string of the molecule is CC(C)OCCNS(=O)(=O)c1nnc(N)s1. The Balaban J connectivity index is 2.47. The van der Waals surface area contributed by atoms with Crippen LogP contribution in [0.4, 0.5) is 5.13 Å². The Morgan fingerprint density at radius 1 is 1.50 bits per heavy atom. The van der Waals surface area contributed by atoms with Crippen molar-refractivity contribution < 1.29 is 13.2 Å². The molecule has 0 aliphatic carbocycles. The van der Waals surface area contributed by atoms with Crippen LogP contribution in [0.5, 0.6) is 0 Å². The van der Waals surface area contributed by atoms with Crippen molar-refractivity contribution in [2.24, 2.45) is 0 Å². The van der Waals surface area contributed by atoms with Crippen LogP contribution in [0.3, 0.4) is 0 Å². The van der Waals surface area contributed by atoms with Gasteiger partial charge in [-0.05, 0) is 13.8 Å². The molecule has 0 aliphatic rings. The summed E-state index contributed by atoms with van der Waals surface area (Å²) in [7, 11) is -3.60. The van der Waals surface area contributed by atoms with E-state index in [9.17, 15) is 8.42 Å². The van der Waals surface area contributed by atoms with Crippen molar-refractivity contribution in [3.8, 4) is 0 Å². The molecule has 0 fully saturated rings. The van der Waals surface area contributed by atoms with Gasteiger partial charge < -0.3 is 10.5 Å². The number of rotatable bonds is 6. The number of sulfonamides is 1. The first kappa shape index (κ1) is 13.3. The summed E-state index contributed by atoms with van der Waals surface area (Å²) in [6.45, 7) is 4.26. The summed E-state index contributed by atoms with van der Waals surface area (Å²) in [5.74, 6) is 0. The molecular weight excluding hydrogens is 252 g/mol. The van der Waals surface area contributed by atoms with Gasteiger partial charge in [-0.25, -0.2) is 13.1 Å². The maximum Gasteiger partial charge on any atom is 0.269 e. The van der Waals surface area contributed by atoms with Crippen molar-refractivity contribution in [2.75, 3.05) is 18.9 Å². The van der Waals surface area contributed by atoms with Crippen molar-refractivity contribution in [2.45, 2.75) is 24.3 Å². The summed E-state index contributed by atoms with van der Waals surface area (Å²) in [5.41, 5.74) is 5.30. The zero-order valence-electron chi connectivity index (χ0n) is 9.00. The molecule has 7 nitrogen and oxygen atoms in total. The molecule has 9 heteroatoms. The second kappa shape index (κ2) is 5.53. The van der Waals surface area contributed by atoms with E-state index < -0.39 is 10.0 Å². The molecule has 0 aromatic carbocycles. The van der Waals surface area contributed by atoms with E-state index in [1.807, 2.05) is 13.8 Å². The highest BCUT2D eigenvalue weighted by molar-refractivity contribution is 7.91. The maximum atomic E-state index is 11.6. The number of nitrogens with zero attached hydrogens (tertiary/aromatic N) is 2. The summed E-state index contributed by atoms with van der Waals surface area (Å²) in [4.78, 5) is 0. The first-order chi connectivity index (χ1) is 7.42. The maximum absolute atomic E-state index is 11.6. The lowest BCUT2D eigenvalue weighted by atomic mass is 10.5. The molecule has 0 bridgehead atoms. The summed E-state index contributed by atoms with van der Waals surface area (Å²) in [5, 5.41) is 7.01. The number of ether oxygens (including phenoxy) is 1. The van der Waals surface area contributed by atoms with Crippen molar-refractivity contribution in [3.05, 3.63) is 0 Å². The fraction of sp³-hybridized carbons (Fsp3) is 0.714. The van der Waals surface area contributed by atoms with Crippen molar-refractivity contribution in [1.82, 2.24) is 14.9 Å². The van der Waals surface area contributed by atoms with Crippen LogP contribution in [0, 0.1) is 0 Å². The van der Waals surface area contributed by atoms with Gasteiger partial charge in [0.25, 0.3) is 10.0 Å². The first-order valence-corrected chi connectivity index (χ1v) is 6.92. The monoisotopic (exact) mass is 266 g/mol. The molecule has 3 N–H and O–H groups in total. The number of anilines is 1. The molecule has 0 saturated carbocycles. The largest absolute Gasteiger partial charge is 0.377 e. The highest BCUT2D eigenvalue weighted by atomic mass is 32.2. The Morgan fingerprint density at radius 3 is 2.69 bits per heavy atom. The van der Waals surface area contributed by atoms with Gasteiger partial charge in [0, 0.05) is 6.54 Å². The molecule has 0 saturated heterocycles. The van der Waals surface area contributed by atoms with Crippen LogP contribution < -0.4 is 10.5 Å². The molecule has 0 aliphatic heterocycles. The topological polar surface area (TPSA) is 107 Å². The van der Waals surface area contributed by atoms with E-state index in [1.165, 1.54) is 0 Å². The molecule has 1 heterocycles. The fourth-order valence-electron chi connectivity index (χ4n) is 0.861. The molecule has 1 aromatic rings. The molecular formula is C7H14N4O3S2. The standard InChI is InChI=1S/C7H14N4O3S2/c1-5(2)14-4-3-9-16(12,13)7-11-10-6(8)15-7/h5,9H,3-4H2,1-2H3,(H2,8,10). The predicted molar refractivity (Wildman–Crippen MR) is 60.6 cm³/mol. The molecule has 0 atom stereocenters. The minimum atomic E-state index is -3.60. The highest BCUT2D eigenvalue weighted by Crippen LogP contribution is 2.15. The van der Waals surface area contributed by atoms with Crippen LogP contribution in [0.1, 0.15) is 13.8 Å². The Hall–Kier alpha value is -0.770. The van der Waals surface area contributed by atoms with Gasteiger partial charge in [-0.1, -0.05) is 11.3 Å². The number of hydrogen-bond donors (Lipinski definition) is 2. The average Bonchev–Trinajstić information content (AvgIpc) is 2.60. The van der Waals surface area contributed by atoms with E-state index >= 15 is 0 Å². The molecule has 0 unspecified atom stereocenters. The minimum Gasteiger partial charge on any atom is -0.377 e. The van der Waals surface area contributed by atoms with Crippen LogP contribution in [0.2, 0.25) is 0 Å². The average molecular weight is 266 g/mol. The molecule has 1 aromatic heterocycles. The van der Waals surface area contributed by atoms with Crippen molar-refractivity contribution in [3.63, 3.8) is 0 Å². The van der Waals surface area contributed by atoms with Crippen molar-refractivity contribution >= 4 is 26.5 Å². The van der Waals surface area contributed by atoms with Crippen LogP contribution in [-0.4, -0.2) is 37.9 Å². The first-order valence-electron chi connectivity index (χ1n) is 4.62. The zero-order chi connectivity index (χ0) is 12.2. The van der Waals surface area contributed by atoms with E-state index in [4.69, 9.17) is 10.5 Å². The second-order valence-corrected chi connectivity index (χ2v) is 6.17. The molecule has 1 rings (SSSR count). The second-order valence-electron chi connectivity index (χ2n) is 3.22. The normalized spacial score (nSPS) is 12.2. The minimum absolute atomic E-state index is 0.0710. The summed E-state index contributed by atoms with van der Waals surface area (Å²) >= 11 is 0.823.